The predicted octanol–water partition coefficient (Wildman–Crippen LogP) is 3.58. The smallest absolute Gasteiger partial charge is 0.0862 e. The average molecular weight is 234 g/mol. The topological polar surface area (TPSA) is 9.23 Å². The van der Waals surface area contributed by atoms with Crippen molar-refractivity contribution in [1.82, 2.24) is 0 Å². The lowest BCUT2D eigenvalue weighted by Crippen LogP contribution is -2.14. The molecule has 0 fully saturated rings. The molecule has 0 spiro atoms. The van der Waals surface area contributed by atoms with Crippen LogP contribution in [0.2, 0.25) is 0 Å². The van der Waals surface area contributed by atoms with E-state index in [9.17, 15) is 0 Å². The highest BCUT2D eigenvalue weighted by molar-refractivity contribution is 6.11. The second-order valence-electron chi connectivity index (χ2n) is 4.93. The Balaban J connectivity index is 2.29. The minimum Gasteiger partial charge on any atom is -0.376 e. The van der Waals surface area contributed by atoms with Gasteiger partial charge in [-0.05, 0) is 38.7 Å². The van der Waals surface area contributed by atoms with Crippen LogP contribution in [0.5, 0.6) is 0 Å². The fourth-order valence-electron chi connectivity index (χ4n) is 3.16. The first-order chi connectivity index (χ1) is 8.88. The Morgan fingerprint density at radius 1 is 0.944 bits per heavy atom. The van der Waals surface area contributed by atoms with E-state index in [0.717, 1.165) is 6.42 Å². The molecule has 1 nitrogen and oxygen atoms in total. The number of rotatable bonds is 1. The van der Waals surface area contributed by atoms with Crippen LogP contribution >= 0.6 is 0 Å². The minimum absolute atomic E-state index is 0.202. The molecule has 1 atom stereocenters. The Kier molecular flexibility index (Phi) is 2.00. The molecule has 3 aromatic rings. The van der Waals surface area contributed by atoms with Crippen LogP contribution in [0.15, 0.2) is 42.5 Å². The fourth-order valence-corrected chi connectivity index (χ4v) is 3.16. The summed E-state index contributed by atoms with van der Waals surface area (Å²) in [6.07, 6.45) is 3.46. The van der Waals surface area contributed by atoms with E-state index in [-0.39, 0.29) is 6.10 Å². The molecule has 0 saturated carbocycles. The highest BCUT2D eigenvalue weighted by Gasteiger charge is 2.18. The number of benzene rings is 3. The first-order valence-electron chi connectivity index (χ1n) is 6.35. The van der Waals surface area contributed by atoms with Gasteiger partial charge in [-0.25, -0.2) is 0 Å². The number of hydrogen-bond donors (Lipinski definition) is 0. The summed E-state index contributed by atoms with van der Waals surface area (Å²) in [5.41, 5.74) is 1.33. The van der Waals surface area contributed by atoms with Crippen LogP contribution in [0, 0.1) is 0 Å². The summed E-state index contributed by atoms with van der Waals surface area (Å²) in [5, 5.41) is 6.74. The molecule has 88 valence electrons. The molecule has 1 heteroatoms. The Morgan fingerprint density at radius 2 is 1.72 bits per heavy atom. The highest BCUT2D eigenvalue weighted by atomic mass is 16.5. The van der Waals surface area contributed by atoms with Crippen molar-refractivity contribution in [3.05, 3.63) is 53.2 Å². The molecule has 18 heavy (non-hydrogen) atoms. The summed E-state index contributed by atoms with van der Waals surface area (Å²) in [5.74, 6) is 0. The van der Waals surface area contributed by atoms with Gasteiger partial charge in [0.15, 0.2) is 0 Å². The zero-order valence-corrected chi connectivity index (χ0v) is 10.3. The van der Waals surface area contributed by atoms with Crippen molar-refractivity contribution in [2.75, 3.05) is 7.11 Å². The van der Waals surface area contributed by atoms with Gasteiger partial charge in [0, 0.05) is 7.11 Å². The van der Waals surface area contributed by atoms with Gasteiger partial charge in [-0.3, -0.25) is 0 Å². The van der Waals surface area contributed by atoms with Gasteiger partial charge in [0.1, 0.15) is 0 Å². The van der Waals surface area contributed by atoms with E-state index in [2.05, 4.69) is 48.5 Å². The third kappa shape index (κ3) is 1.20. The van der Waals surface area contributed by atoms with E-state index < -0.39 is 0 Å². The van der Waals surface area contributed by atoms with Crippen molar-refractivity contribution in [3.8, 4) is 0 Å². The third-order valence-corrected chi connectivity index (χ3v) is 4.02. The van der Waals surface area contributed by atoms with Crippen molar-refractivity contribution in [2.45, 2.75) is 12.5 Å². The number of hydrogen-bond acceptors (Lipinski definition) is 1. The second-order valence-corrected chi connectivity index (χ2v) is 4.93. The van der Waals surface area contributed by atoms with Gasteiger partial charge in [0.05, 0.1) is 6.10 Å². The largest absolute Gasteiger partial charge is 0.376 e. The summed E-state index contributed by atoms with van der Waals surface area (Å²) < 4.78 is 5.61. The molecule has 4 rings (SSSR count). The van der Waals surface area contributed by atoms with Gasteiger partial charge >= 0.3 is 0 Å². The molecular formula is C17H14O. The van der Waals surface area contributed by atoms with Gasteiger partial charge in [0.25, 0.3) is 0 Å². The maximum Gasteiger partial charge on any atom is 0.0862 e. The molecule has 1 unspecified atom stereocenters. The number of ether oxygens (including phenoxy) is 1. The normalized spacial score (nSPS) is 18.2. The van der Waals surface area contributed by atoms with Gasteiger partial charge < -0.3 is 4.74 Å². The summed E-state index contributed by atoms with van der Waals surface area (Å²) in [7, 11) is 1.80. The van der Waals surface area contributed by atoms with Crippen LogP contribution in [-0.2, 0) is 4.74 Å². The third-order valence-electron chi connectivity index (χ3n) is 4.02. The van der Waals surface area contributed by atoms with Gasteiger partial charge in [0.2, 0.25) is 0 Å². The van der Waals surface area contributed by atoms with E-state index >= 15 is 0 Å². The lowest BCUT2D eigenvalue weighted by Gasteiger charge is -2.21. The van der Waals surface area contributed by atoms with Gasteiger partial charge in [-0.1, -0.05) is 48.5 Å². The molecule has 0 aliphatic heterocycles. The van der Waals surface area contributed by atoms with E-state index in [1.807, 2.05) is 0 Å². The SMILES string of the molecule is COC1CC=c2ccc3cccc4ccc1c2c43. The molecule has 0 amide bonds. The van der Waals surface area contributed by atoms with Crippen LogP contribution in [0.4, 0.5) is 0 Å². The summed E-state index contributed by atoms with van der Waals surface area (Å²) in [6, 6.07) is 15.4. The first-order valence-corrected chi connectivity index (χ1v) is 6.35. The van der Waals surface area contributed by atoms with Crippen molar-refractivity contribution in [2.24, 2.45) is 0 Å². The van der Waals surface area contributed by atoms with Crippen LogP contribution in [0.25, 0.3) is 27.6 Å². The van der Waals surface area contributed by atoms with Crippen LogP contribution in [0.1, 0.15) is 18.1 Å². The highest BCUT2D eigenvalue weighted by Crippen LogP contribution is 2.34. The van der Waals surface area contributed by atoms with E-state index in [0.29, 0.717) is 0 Å². The minimum atomic E-state index is 0.202. The lowest BCUT2D eigenvalue weighted by molar-refractivity contribution is 0.109. The molecule has 1 aliphatic rings. The molecule has 0 saturated heterocycles. The Bertz CT molecular complexity index is 785. The summed E-state index contributed by atoms with van der Waals surface area (Å²) >= 11 is 0. The van der Waals surface area contributed by atoms with Crippen molar-refractivity contribution >= 4 is 27.6 Å². The molecule has 0 radical (unpaired) electrons. The number of methoxy groups -OCH3 is 1. The second kappa shape index (κ2) is 3.56. The zero-order chi connectivity index (χ0) is 12.1. The van der Waals surface area contributed by atoms with Crippen LogP contribution in [0.3, 0.4) is 0 Å². The van der Waals surface area contributed by atoms with Gasteiger partial charge in [-0.2, -0.15) is 0 Å². The lowest BCUT2D eigenvalue weighted by atomic mass is 9.89. The van der Waals surface area contributed by atoms with Crippen LogP contribution < -0.4 is 5.22 Å². The van der Waals surface area contributed by atoms with E-state index in [4.69, 9.17) is 4.74 Å². The van der Waals surface area contributed by atoms with Crippen molar-refractivity contribution in [1.29, 1.82) is 0 Å². The van der Waals surface area contributed by atoms with Gasteiger partial charge in [-0.15, -0.1) is 0 Å². The van der Waals surface area contributed by atoms with E-state index in [1.54, 1.807) is 7.11 Å². The average Bonchev–Trinajstić information content (AvgIpc) is 2.44. The first kappa shape index (κ1) is 10.1. The fraction of sp³-hybridized carbons (Fsp3) is 0.176. The van der Waals surface area contributed by atoms with Crippen molar-refractivity contribution in [3.63, 3.8) is 0 Å². The monoisotopic (exact) mass is 234 g/mol. The summed E-state index contributed by atoms with van der Waals surface area (Å²) in [6.45, 7) is 0. The van der Waals surface area contributed by atoms with E-state index in [1.165, 1.54) is 32.3 Å². The maximum atomic E-state index is 5.61. The van der Waals surface area contributed by atoms with Crippen molar-refractivity contribution < 1.29 is 4.74 Å². The Morgan fingerprint density at radius 3 is 2.50 bits per heavy atom. The standard InChI is InChI=1S/C17H14O/c1-18-15-10-8-13-6-5-11-3-2-4-12-7-9-14(15)17(13)16(11)12/h2-9,15H,10H2,1H3. The molecule has 0 heterocycles. The van der Waals surface area contributed by atoms with Crippen LogP contribution in [-0.4, -0.2) is 7.11 Å². The molecular weight excluding hydrogens is 220 g/mol. The maximum absolute atomic E-state index is 5.61. The Labute approximate surface area is 106 Å². The zero-order valence-electron chi connectivity index (χ0n) is 10.3. The molecule has 3 aromatic carbocycles. The predicted molar refractivity (Wildman–Crippen MR) is 75.5 cm³/mol. The molecule has 0 N–H and O–H groups in total. The Hall–Kier alpha value is -1.86. The molecule has 0 bridgehead atoms. The summed E-state index contributed by atoms with van der Waals surface area (Å²) in [4.78, 5) is 0. The molecule has 1 aliphatic carbocycles. The quantitative estimate of drug-likeness (QED) is 0.625. The molecule has 0 aromatic heterocycles.